The van der Waals surface area contributed by atoms with Gasteiger partial charge in [0.2, 0.25) is 0 Å². The molecule has 1 aromatic heterocycles. The quantitative estimate of drug-likeness (QED) is 0.0967. The number of nitrogens with zero attached hydrogens (tertiary/aromatic N) is 1. The number of anilines is 1. The van der Waals surface area contributed by atoms with Crippen molar-refractivity contribution in [2.45, 2.75) is 0 Å². The Kier molecular flexibility index (Phi) is 8.62. The predicted octanol–water partition coefficient (Wildman–Crippen LogP) is 13.0. The zero-order valence-corrected chi connectivity index (χ0v) is 30.0. The highest BCUT2D eigenvalue weighted by Gasteiger charge is 2.18. The molecule has 0 saturated carbocycles. The van der Waals surface area contributed by atoms with E-state index in [-0.39, 0.29) is 11.4 Å². The first-order chi connectivity index (χ1) is 27.0. The van der Waals surface area contributed by atoms with E-state index >= 15 is 0 Å². The van der Waals surface area contributed by atoms with Crippen LogP contribution in [0.25, 0.3) is 82.0 Å². The molecule has 4 N–H and O–H groups in total. The molecule has 0 unspecified atom stereocenters. The molecule has 55 heavy (non-hydrogen) atoms. The largest absolute Gasteiger partial charge is 0.399 e. The van der Waals surface area contributed by atoms with Crippen LogP contribution in [0.5, 0.6) is 0 Å². The first-order valence-electron chi connectivity index (χ1n) is 18.3. The number of nitrogen functional groups attached to an aromatic ring is 1. The van der Waals surface area contributed by atoms with Gasteiger partial charge in [-0.1, -0.05) is 152 Å². The molecule has 0 atom stereocenters. The molecule has 9 aromatic rings. The monoisotopic (exact) mass is 704 g/mol. The van der Waals surface area contributed by atoms with Gasteiger partial charge in [-0.05, 0) is 107 Å². The standard InChI is InChI=1S/C36H24N2.C15H12N2/c37-33-20-19-25(22-34(33)38)24-11-7-12-26(21-24)35-29-14-3-5-16-31(29)36(32-17-6-4-15-30(32)35)28-18-8-10-23-9-1-2-13-27(23)28;16-13-7-5-11(6-8-13)15-10-17-9-12-3-1-2-4-14(12)15/h1-22,37-38H;1-10H,16H2. The average molecular weight is 705 g/mol. The van der Waals surface area contributed by atoms with Gasteiger partial charge in [0.15, 0.2) is 0 Å². The van der Waals surface area contributed by atoms with Crippen LogP contribution < -0.4 is 5.73 Å². The van der Waals surface area contributed by atoms with Crippen LogP contribution in [0, 0.1) is 10.8 Å². The minimum absolute atomic E-state index is 0.239. The molecule has 10 rings (SSSR count). The molecule has 1 aliphatic carbocycles. The number of pyridine rings is 1. The second-order valence-corrected chi connectivity index (χ2v) is 13.7. The zero-order valence-electron chi connectivity index (χ0n) is 30.0. The van der Waals surface area contributed by atoms with Gasteiger partial charge in [0, 0.05) is 29.0 Å². The molecule has 0 aliphatic heterocycles. The van der Waals surface area contributed by atoms with Crippen molar-refractivity contribution in [1.29, 1.82) is 10.8 Å². The molecule has 4 nitrogen and oxygen atoms in total. The number of rotatable bonds is 4. The van der Waals surface area contributed by atoms with Gasteiger partial charge in [-0.3, -0.25) is 15.8 Å². The Labute approximate surface area is 319 Å². The van der Waals surface area contributed by atoms with Crippen LogP contribution in [0.15, 0.2) is 194 Å². The Hall–Kier alpha value is -7.43. The third-order valence-electron chi connectivity index (χ3n) is 10.4. The molecule has 0 fully saturated rings. The van der Waals surface area contributed by atoms with Crippen LogP contribution in [-0.4, -0.2) is 16.4 Å². The number of nitrogens with one attached hydrogen (secondary N) is 2. The highest BCUT2D eigenvalue weighted by molar-refractivity contribution is 6.50. The Morgan fingerprint density at radius 1 is 0.400 bits per heavy atom. The summed E-state index contributed by atoms with van der Waals surface area (Å²) in [6.07, 6.45) is 9.19. The van der Waals surface area contributed by atoms with E-state index in [4.69, 9.17) is 16.6 Å². The van der Waals surface area contributed by atoms with Crippen LogP contribution in [0.4, 0.5) is 5.69 Å². The maximum atomic E-state index is 8.12. The summed E-state index contributed by atoms with van der Waals surface area (Å²) >= 11 is 0. The van der Waals surface area contributed by atoms with Crippen LogP contribution >= 0.6 is 0 Å². The van der Waals surface area contributed by atoms with Crippen molar-refractivity contribution >= 4 is 65.8 Å². The average Bonchev–Trinajstić information content (AvgIpc) is 3.24. The third-order valence-corrected chi connectivity index (χ3v) is 10.4. The maximum Gasteiger partial charge on any atom is 0.0795 e. The lowest BCUT2D eigenvalue weighted by Crippen LogP contribution is -2.09. The molecule has 260 valence electrons. The molecule has 4 heteroatoms. The fraction of sp³-hybridized carbons (Fsp3) is 0. The number of benzene rings is 8. The maximum absolute atomic E-state index is 8.12. The first-order valence-corrected chi connectivity index (χ1v) is 18.3. The summed E-state index contributed by atoms with van der Waals surface area (Å²) in [5.74, 6) is 0. The van der Waals surface area contributed by atoms with Crippen molar-refractivity contribution in [3.05, 3.63) is 200 Å². The molecule has 8 aromatic carbocycles. The van der Waals surface area contributed by atoms with E-state index in [1.54, 1.807) is 12.2 Å². The van der Waals surface area contributed by atoms with Crippen LogP contribution in [0.1, 0.15) is 5.56 Å². The summed E-state index contributed by atoms with van der Waals surface area (Å²) in [6.45, 7) is 0. The Bertz CT molecular complexity index is 2960. The van der Waals surface area contributed by atoms with Crippen LogP contribution in [0.2, 0.25) is 0 Å². The van der Waals surface area contributed by atoms with Gasteiger partial charge in [-0.15, -0.1) is 0 Å². The number of hydrogen-bond donors (Lipinski definition) is 3. The minimum atomic E-state index is 0.239. The van der Waals surface area contributed by atoms with Crippen molar-refractivity contribution in [3.8, 4) is 33.4 Å². The van der Waals surface area contributed by atoms with Crippen LogP contribution in [0.3, 0.4) is 0 Å². The number of nitrogens with two attached hydrogens (primary N) is 1. The van der Waals surface area contributed by atoms with Gasteiger partial charge < -0.3 is 5.73 Å². The van der Waals surface area contributed by atoms with E-state index in [9.17, 15) is 0 Å². The molecule has 1 heterocycles. The molecule has 1 aliphatic rings. The Morgan fingerprint density at radius 3 is 1.62 bits per heavy atom. The topological polar surface area (TPSA) is 86.6 Å². The molecular formula is C51H36N4. The van der Waals surface area contributed by atoms with E-state index in [2.05, 4.69) is 132 Å². The molecule has 0 spiro atoms. The van der Waals surface area contributed by atoms with Crippen molar-refractivity contribution in [2.24, 2.45) is 0 Å². The number of aromatic nitrogens is 1. The summed E-state index contributed by atoms with van der Waals surface area (Å²) in [4.78, 5) is 4.28. The van der Waals surface area contributed by atoms with E-state index in [0.29, 0.717) is 0 Å². The minimum Gasteiger partial charge on any atom is -0.399 e. The number of fused-ring (bicyclic) bond motifs is 4. The lowest BCUT2D eigenvalue weighted by molar-refractivity contribution is 1.36. The van der Waals surface area contributed by atoms with Crippen molar-refractivity contribution < 1.29 is 0 Å². The third kappa shape index (κ3) is 6.26. The lowest BCUT2D eigenvalue weighted by Gasteiger charge is -2.19. The molecule has 0 bridgehead atoms. The van der Waals surface area contributed by atoms with E-state index in [1.807, 2.05) is 54.9 Å². The second-order valence-electron chi connectivity index (χ2n) is 13.7. The highest BCUT2D eigenvalue weighted by Crippen LogP contribution is 2.45. The van der Waals surface area contributed by atoms with Gasteiger partial charge in [0.1, 0.15) is 0 Å². The molecule has 0 saturated heterocycles. The summed E-state index contributed by atoms with van der Waals surface area (Å²) in [6, 6.07) is 57.3. The SMILES string of the molecule is N=C1C=CC(c2cccc(-c3c4ccccc4c(-c4cccc5ccccc45)c4ccccc34)c2)=CC1=N.Nc1ccc(-c2cncc3ccccc23)cc1. The highest BCUT2D eigenvalue weighted by atomic mass is 14.6. The lowest BCUT2D eigenvalue weighted by atomic mass is 9.84. The van der Waals surface area contributed by atoms with Crippen LogP contribution in [-0.2, 0) is 0 Å². The molecule has 0 radical (unpaired) electrons. The van der Waals surface area contributed by atoms with E-state index < -0.39 is 0 Å². The van der Waals surface area contributed by atoms with Gasteiger partial charge in [0.25, 0.3) is 0 Å². The Balaban J connectivity index is 0.000000195. The summed E-state index contributed by atoms with van der Waals surface area (Å²) in [5.41, 5.74) is 16.1. The smallest absolute Gasteiger partial charge is 0.0795 e. The van der Waals surface area contributed by atoms with Crippen molar-refractivity contribution in [3.63, 3.8) is 0 Å². The zero-order chi connectivity index (χ0) is 37.3. The molecular weight excluding hydrogens is 669 g/mol. The number of hydrogen-bond acceptors (Lipinski definition) is 4. The second kappa shape index (κ2) is 14.2. The van der Waals surface area contributed by atoms with Gasteiger partial charge in [0.05, 0.1) is 11.4 Å². The van der Waals surface area contributed by atoms with E-state index in [1.165, 1.54) is 54.4 Å². The summed E-state index contributed by atoms with van der Waals surface area (Å²) in [5, 5.41) is 25.8. The fourth-order valence-electron chi connectivity index (χ4n) is 7.76. The predicted molar refractivity (Wildman–Crippen MR) is 234 cm³/mol. The summed E-state index contributed by atoms with van der Waals surface area (Å²) in [7, 11) is 0. The van der Waals surface area contributed by atoms with E-state index in [0.717, 1.165) is 38.9 Å². The normalized spacial score (nSPS) is 12.5. The van der Waals surface area contributed by atoms with Gasteiger partial charge in [-0.2, -0.15) is 0 Å². The van der Waals surface area contributed by atoms with Gasteiger partial charge in [-0.25, -0.2) is 0 Å². The number of allylic oxidation sites excluding steroid dienone is 4. The Morgan fingerprint density at radius 2 is 0.945 bits per heavy atom. The van der Waals surface area contributed by atoms with Crippen molar-refractivity contribution in [1.82, 2.24) is 4.98 Å². The first kappa shape index (κ1) is 33.4. The summed E-state index contributed by atoms with van der Waals surface area (Å²) < 4.78 is 0. The fourth-order valence-corrected chi connectivity index (χ4v) is 7.76. The molecule has 0 amide bonds. The van der Waals surface area contributed by atoms with Crippen molar-refractivity contribution in [2.75, 3.05) is 5.73 Å². The van der Waals surface area contributed by atoms with Gasteiger partial charge >= 0.3 is 0 Å².